The standard InChI is InChI=1S/C17H17N3S/c1-2-18-15-10-14(19-17(20-15)12-6-7-12)13-5-3-4-11-8-9-21-16(11)13/h3-5,8-10,12H,2,6-7H2,1H3,(H,18,19,20). The number of hydrogen-bond acceptors (Lipinski definition) is 4. The number of nitrogens with zero attached hydrogens (tertiary/aromatic N) is 2. The maximum atomic E-state index is 4.83. The quantitative estimate of drug-likeness (QED) is 0.760. The molecule has 1 saturated carbocycles. The number of aromatic nitrogens is 2. The van der Waals surface area contributed by atoms with E-state index in [1.54, 1.807) is 11.3 Å². The van der Waals surface area contributed by atoms with Crippen molar-refractivity contribution >= 4 is 27.2 Å². The van der Waals surface area contributed by atoms with Crippen LogP contribution in [0.4, 0.5) is 5.82 Å². The van der Waals surface area contributed by atoms with Gasteiger partial charge in [0.15, 0.2) is 0 Å². The third kappa shape index (κ3) is 2.40. The molecular weight excluding hydrogens is 278 g/mol. The lowest BCUT2D eigenvalue weighted by Gasteiger charge is -2.09. The summed E-state index contributed by atoms with van der Waals surface area (Å²) in [5.74, 6) is 2.50. The molecule has 0 unspecified atom stereocenters. The Morgan fingerprint density at radius 1 is 1.24 bits per heavy atom. The molecule has 0 saturated heterocycles. The first-order valence-electron chi connectivity index (χ1n) is 7.44. The Bertz CT molecular complexity index is 790. The van der Waals surface area contributed by atoms with E-state index in [9.17, 15) is 0 Å². The second kappa shape index (κ2) is 5.11. The lowest BCUT2D eigenvalue weighted by atomic mass is 10.1. The van der Waals surface area contributed by atoms with Crippen LogP contribution in [0, 0.1) is 0 Å². The topological polar surface area (TPSA) is 37.8 Å². The summed E-state index contributed by atoms with van der Waals surface area (Å²) in [5, 5.41) is 6.76. The van der Waals surface area contributed by atoms with Crippen LogP contribution in [0.2, 0.25) is 0 Å². The van der Waals surface area contributed by atoms with E-state index in [2.05, 4.69) is 52.9 Å². The number of anilines is 1. The Balaban J connectivity index is 1.88. The third-order valence-electron chi connectivity index (χ3n) is 3.80. The molecule has 106 valence electrons. The van der Waals surface area contributed by atoms with E-state index in [0.29, 0.717) is 5.92 Å². The van der Waals surface area contributed by atoms with Crippen molar-refractivity contribution in [2.24, 2.45) is 0 Å². The highest BCUT2D eigenvalue weighted by atomic mass is 32.1. The second-order valence-electron chi connectivity index (χ2n) is 5.45. The average molecular weight is 295 g/mol. The fraction of sp³-hybridized carbons (Fsp3) is 0.294. The molecule has 3 nitrogen and oxygen atoms in total. The zero-order valence-electron chi connectivity index (χ0n) is 12.0. The molecule has 4 heteroatoms. The van der Waals surface area contributed by atoms with Crippen LogP contribution in [-0.4, -0.2) is 16.5 Å². The number of fused-ring (bicyclic) bond motifs is 1. The maximum Gasteiger partial charge on any atom is 0.134 e. The summed E-state index contributed by atoms with van der Waals surface area (Å²) >= 11 is 1.78. The number of thiophene rings is 1. The molecule has 1 fully saturated rings. The highest BCUT2D eigenvalue weighted by Gasteiger charge is 2.27. The normalized spacial score (nSPS) is 14.5. The minimum Gasteiger partial charge on any atom is -0.370 e. The van der Waals surface area contributed by atoms with Crippen LogP contribution in [0.3, 0.4) is 0 Å². The number of rotatable bonds is 4. The van der Waals surface area contributed by atoms with E-state index in [0.717, 1.165) is 23.9 Å². The SMILES string of the molecule is CCNc1cc(-c2cccc3ccsc23)nc(C2CC2)n1. The molecule has 0 radical (unpaired) electrons. The van der Waals surface area contributed by atoms with Crippen LogP contribution in [0.5, 0.6) is 0 Å². The van der Waals surface area contributed by atoms with Crippen molar-refractivity contribution in [3.8, 4) is 11.3 Å². The average Bonchev–Trinajstić information content (AvgIpc) is 3.24. The molecule has 0 spiro atoms. The minimum atomic E-state index is 0.560. The Morgan fingerprint density at radius 3 is 2.95 bits per heavy atom. The van der Waals surface area contributed by atoms with Crippen molar-refractivity contribution in [3.63, 3.8) is 0 Å². The van der Waals surface area contributed by atoms with Crippen molar-refractivity contribution in [2.75, 3.05) is 11.9 Å². The summed E-state index contributed by atoms with van der Waals surface area (Å²) < 4.78 is 1.31. The Kier molecular flexibility index (Phi) is 3.11. The van der Waals surface area contributed by atoms with Gasteiger partial charge in [-0.05, 0) is 36.6 Å². The van der Waals surface area contributed by atoms with Crippen LogP contribution >= 0.6 is 11.3 Å². The summed E-state index contributed by atoms with van der Waals surface area (Å²) in [6, 6.07) is 10.7. The Hall–Kier alpha value is -1.94. The predicted molar refractivity (Wildman–Crippen MR) is 89.0 cm³/mol. The first-order chi connectivity index (χ1) is 10.3. The van der Waals surface area contributed by atoms with E-state index < -0.39 is 0 Å². The number of benzene rings is 1. The summed E-state index contributed by atoms with van der Waals surface area (Å²) in [6.07, 6.45) is 2.44. The summed E-state index contributed by atoms with van der Waals surface area (Å²) in [7, 11) is 0. The second-order valence-corrected chi connectivity index (χ2v) is 6.36. The Morgan fingerprint density at radius 2 is 2.14 bits per heavy atom. The highest BCUT2D eigenvalue weighted by molar-refractivity contribution is 7.17. The van der Waals surface area contributed by atoms with Crippen LogP contribution in [0.1, 0.15) is 31.5 Å². The molecule has 0 aliphatic heterocycles. The van der Waals surface area contributed by atoms with E-state index in [-0.39, 0.29) is 0 Å². The third-order valence-corrected chi connectivity index (χ3v) is 4.76. The van der Waals surface area contributed by atoms with E-state index in [4.69, 9.17) is 4.98 Å². The maximum absolute atomic E-state index is 4.83. The van der Waals surface area contributed by atoms with Gasteiger partial charge in [-0.1, -0.05) is 18.2 Å². The molecule has 1 aliphatic carbocycles. The zero-order valence-corrected chi connectivity index (χ0v) is 12.8. The molecule has 1 aromatic carbocycles. The lowest BCUT2D eigenvalue weighted by Crippen LogP contribution is -2.04. The van der Waals surface area contributed by atoms with Crippen molar-refractivity contribution in [1.82, 2.24) is 9.97 Å². The van der Waals surface area contributed by atoms with E-state index in [1.165, 1.54) is 28.5 Å². The Labute approximate surface area is 128 Å². The van der Waals surface area contributed by atoms with Gasteiger partial charge in [0.25, 0.3) is 0 Å². The summed E-state index contributed by atoms with van der Waals surface area (Å²) in [6.45, 7) is 2.97. The van der Waals surface area contributed by atoms with Crippen LogP contribution < -0.4 is 5.32 Å². The van der Waals surface area contributed by atoms with Gasteiger partial charge in [-0.2, -0.15) is 0 Å². The zero-order chi connectivity index (χ0) is 14.2. The fourth-order valence-corrected chi connectivity index (χ4v) is 3.52. The minimum absolute atomic E-state index is 0.560. The molecule has 1 N–H and O–H groups in total. The van der Waals surface area contributed by atoms with Crippen LogP contribution in [0.15, 0.2) is 35.7 Å². The molecule has 4 rings (SSSR count). The van der Waals surface area contributed by atoms with Gasteiger partial charge < -0.3 is 5.32 Å². The molecule has 21 heavy (non-hydrogen) atoms. The first-order valence-corrected chi connectivity index (χ1v) is 8.32. The lowest BCUT2D eigenvalue weighted by molar-refractivity contribution is 0.928. The molecule has 0 amide bonds. The van der Waals surface area contributed by atoms with Gasteiger partial charge in [0.2, 0.25) is 0 Å². The molecule has 0 bridgehead atoms. The largest absolute Gasteiger partial charge is 0.370 e. The van der Waals surface area contributed by atoms with Crippen molar-refractivity contribution in [1.29, 1.82) is 0 Å². The number of hydrogen-bond donors (Lipinski definition) is 1. The molecule has 1 aliphatic rings. The summed E-state index contributed by atoms with van der Waals surface area (Å²) in [5.41, 5.74) is 2.25. The van der Waals surface area contributed by atoms with Gasteiger partial charge in [0.1, 0.15) is 11.6 Å². The van der Waals surface area contributed by atoms with Gasteiger partial charge in [0.05, 0.1) is 5.69 Å². The monoisotopic (exact) mass is 295 g/mol. The van der Waals surface area contributed by atoms with Gasteiger partial charge in [0, 0.05) is 28.8 Å². The van der Waals surface area contributed by atoms with Crippen molar-refractivity contribution in [3.05, 3.63) is 41.5 Å². The number of nitrogens with one attached hydrogen (secondary N) is 1. The molecule has 3 aromatic rings. The summed E-state index contributed by atoms with van der Waals surface area (Å²) in [4.78, 5) is 9.49. The van der Waals surface area contributed by atoms with Gasteiger partial charge in [-0.15, -0.1) is 11.3 Å². The fourth-order valence-electron chi connectivity index (χ4n) is 2.59. The highest BCUT2D eigenvalue weighted by Crippen LogP contribution is 2.40. The molecule has 2 aromatic heterocycles. The van der Waals surface area contributed by atoms with Crippen molar-refractivity contribution in [2.45, 2.75) is 25.7 Å². The van der Waals surface area contributed by atoms with Crippen molar-refractivity contribution < 1.29 is 0 Å². The molecule has 0 atom stereocenters. The molecule has 2 heterocycles. The smallest absolute Gasteiger partial charge is 0.134 e. The first kappa shape index (κ1) is 12.8. The van der Waals surface area contributed by atoms with Crippen LogP contribution in [-0.2, 0) is 0 Å². The van der Waals surface area contributed by atoms with Gasteiger partial charge in [-0.3, -0.25) is 0 Å². The van der Waals surface area contributed by atoms with Crippen LogP contribution in [0.25, 0.3) is 21.3 Å². The van der Waals surface area contributed by atoms with E-state index >= 15 is 0 Å². The van der Waals surface area contributed by atoms with E-state index in [1.807, 2.05) is 0 Å². The predicted octanol–water partition coefficient (Wildman–Crippen LogP) is 4.67. The van der Waals surface area contributed by atoms with Gasteiger partial charge >= 0.3 is 0 Å². The van der Waals surface area contributed by atoms with Gasteiger partial charge in [-0.25, -0.2) is 9.97 Å². The molecular formula is C17H17N3S.